The quantitative estimate of drug-likeness (QED) is 0.656. The largest absolute Gasteiger partial charge is 0.497 e. The number of ether oxygens (including phenoxy) is 1. The predicted molar refractivity (Wildman–Crippen MR) is 59.2 cm³/mol. The highest BCUT2D eigenvalue weighted by molar-refractivity contribution is 5.93. The Labute approximate surface area is 90.3 Å². The maximum Gasteiger partial charge on any atom is 0.147 e. The SMILES string of the molecule is COC1=CC=C2[C@H](C)CC(=O)[C@]2(C)C=C1. The van der Waals surface area contributed by atoms with Crippen LogP contribution in [0.4, 0.5) is 0 Å². The number of fused-ring (bicyclic) bond motifs is 1. The standard InChI is InChI=1S/C13H16O2/c1-9-8-12(14)13(2)7-6-10(15-3)4-5-11(9)13/h4-7,9H,8H2,1-3H3/t9-,13-/m1/s1. The molecule has 0 aliphatic heterocycles. The molecule has 2 rings (SSSR count). The Morgan fingerprint density at radius 2 is 2.20 bits per heavy atom. The molecule has 0 saturated heterocycles. The predicted octanol–water partition coefficient (Wildman–Crippen LogP) is 2.63. The molecule has 2 aliphatic rings. The van der Waals surface area contributed by atoms with E-state index in [9.17, 15) is 4.79 Å². The van der Waals surface area contributed by atoms with Crippen LogP contribution >= 0.6 is 0 Å². The molecule has 1 saturated carbocycles. The summed E-state index contributed by atoms with van der Waals surface area (Å²) >= 11 is 0. The molecular weight excluding hydrogens is 188 g/mol. The monoisotopic (exact) mass is 204 g/mol. The molecule has 80 valence electrons. The van der Waals surface area contributed by atoms with E-state index in [0.717, 1.165) is 5.76 Å². The van der Waals surface area contributed by atoms with E-state index < -0.39 is 5.41 Å². The van der Waals surface area contributed by atoms with Crippen molar-refractivity contribution in [3.63, 3.8) is 0 Å². The van der Waals surface area contributed by atoms with Crippen LogP contribution in [0.1, 0.15) is 20.3 Å². The van der Waals surface area contributed by atoms with E-state index in [1.54, 1.807) is 7.11 Å². The second-order valence-corrected chi connectivity index (χ2v) is 4.46. The van der Waals surface area contributed by atoms with Crippen LogP contribution in [0.2, 0.25) is 0 Å². The van der Waals surface area contributed by atoms with Gasteiger partial charge in [-0.1, -0.05) is 19.1 Å². The van der Waals surface area contributed by atoms with Gasteiger partial charge >= 0.3 is 0 Å². The van der Waals surface area contributed by atoms with Crippen LogP contribution in [0.15, 0.2) is 35.6 Å². The summed E-state index contributed by atoms with van der Waals surface area (Å²) in [5.41, 5.74) is 0.798. The van der Waals surface area contributed by atoms with Gasteiger partial charge in [-0.3, -0.25) is 4.79 Å². The van der Waals surface area contributed by atoms with Crippen LogP contribution < -0.4 is 0 Å². The van der Waals surface area contributed by atoms with Gasteiger partial charge in [-0.15, -0.1) is 0 Å². The third-order valence-corrected chi connectivity index (χ3v) is 3.45. The summed E-state index contributed by atoms with van der Waals surface area (Å²) in [5.74, 6) is 1.46. The minimum absolute atomic E-state index is 0.309. The van der Waals surface area contributed by atoms with Crippen molar-refractivity contribution in [2.24, 2.45) is 11.3 Å². The summed E-state index contributed by atoms with van der Waals surface area (Å²) < 4.78 is 5.17. The first-order valence-electron chi connectivity index (χ1n) is 5.27. The van der Waals surface area contributed by atoms with Gasteiger partial charge in [0.1, 0.15) is 11.5 Å². The molecule has 0 radical (unpaired) electrons. The molecule has 0 amide bonds. The summed E-state index contributed by atoms with van der Waals surface area (Å²) in [7, 11) is 1.64. The van der Waals surface area contributed by atoms with Crippen molar-refractivity contribution >= 4 is 5.78 Å². The first-order chi connectivity index (χ1) is 7.08. The number of carbonyl (C=O) groups excluding carboxylic acids is 1. The van der Waals surface area contributed by atoms with Crippen molar-refractivity contribution in [2.45, 2.75) is 20.3 Å². The fourth-order valence-corrected chi connectivity index (χ4v) is 2.41. The van der Waals surface area contributed by atoms with E-state index in [0.29, 0.717) is 18.1 Å². The highest BCUT2D eigenvalue weighted by Crippen LogP contribution is 2.45. The van der Waals surface area contributed by atoms with Gasteiger partial charge in [0.25, 0.3) is 0 Å². The Balaban J connectivity index is 2.48. The van der Waals surface area contributed by atoms with Crippen LogP contribution in [0.3, 0.4) is 0 Å². The van der Waals surface area contributed by atoms with Gasteiger partial charge in [-0.05, 0) is 30.6 Å². The molecule has 1 fully saturated rings. The summed E-state index contributed by atoms with van der Waals surface area (Å²) in [6, 6.07) is 0. The minimum atomic E-state index is -0.407. The Morgan fingerprint density at radius 1 is 1.47 bits per heavy atom. The fraction of sp³-hybridized carbons (Fsp3) is 0.462. The summed E-state index contributed by atoms with van der Waals surface area (Å²) in [6.07, 6.45) is 8.48. The zero-order valence-corrected chi connectivity index (χ0v) is 9.41. The molecule has 0 unspecified atom stereocenters. The third kappa shape index (κ3) is 1.44. The molecule has 2 nitrogen and oxygen atoms in total. The van der Waals surface area contributed by atoms with Crippen molar-refractivity contribution in [3.8, 4) is 0 Å². The van der Waals surface area contributed by atoms with E-state index in [4.69, 9.17) is 4.74 Å². The Kier molecular flexibility index (Phi) is 2.29. The second kappa shape index (κ2) is 3.37. The molecule has 2 atom stereocenters. The van der Waals surface area contributed by atoms with E-state index >= 15 is 0 Å². The third-order valence-electron chi connectivity index (χ3n) is 3.45. The number of hydrogen-bond acceptors (Lipinski definition) is 2. The Morgan fingerprint density at radius 3 is 2.87 bits per heavy atom. The average molecular weight is 204 g/mol. The second-order valence-electron chi connectivity index (χ2n) is 4.46. The molecule has 0 N–H and O–H groups in total. The minimum Gasteiger partial charge on any atom is -0.497 e. The van der Waals surface area contributed by atoms with Crippen molar-refractivity contribution in [2.75, 3.05) is 7.11 Å². The van der Waals surface area contributed by atoms with Gasteiger partial charge in [0.15, 0.2) is 0 Å². The topological polar surface area (TPSA) is 26.3 Å². The number of allylic oxidation sites excluding steroid dienone is 5. The molecule has 2 aliphatic carbocycles. The van der Waals surface area contributed by atoms with E-state index in [-0.39, 0.29) is 0 Å². The van der Waals surface area contributed by atoms with Gasteiger partial charge in [0.2, 0.25) is 0 Å². The molecule has 0 heterocycles. The van der Waals surface area contributed by atoms with E-state index in [2.05, 4.69) is 6.92 Å². The molecular formula is C13H16O2. The molecule has 2 heteroatoms. The summed E-state index contributed by atoms with van der Waals surface area (Å²) in [4.78, 5) is 11.9. The van der Waals surface area contributed by atoms with Crippen molar-refractivity contribution in [1.29, 1.82) is 0 Å². The molecule has 0 spiro atoms. The number of Topliss-reactive ketones (excluding diaryl/α,β-unsaturated/α-hetero) is 1. The zero-order valence-electron chi connectivity index (χ0n) is 9.41. The van der Waals surface area contributed by atoms with Crippen LogP contribution in [0, 0.1) is 11.3 Å². The lowest BCUT2D eigenvalue weighted by Gasteiger charge is -2.20. The van der Waals surface area contributed by atoms with Gasteiger partial charge in [0.05, 0.1) is 12.5 Å². The van der Waals surface area contributed by atoms with Crippen molar-refractivity contribution in [1.82, 2.24) is 0 Å². The number of methoxy groups -OCH3 is 1. The molecule has 15 heavy (non-hydrogen) atoms. The Bertz CT molecular complexity index is 387. The lowest BCUT2D eigenvalue weighted by Crippen LogP contribution is -2.20. The van der Waals surface area contributed by atoms with Crippen LogP contribution in [-0.2, 0) is 9.53 Å². The van der Waals surface area contributed by atoms with Gasteiger partial charge in [0, 0.05) is 6.42 Å². The van der Waals surface area contributed by atoms with Crippen LogP contribution in [0.25, 0.3) is 0 Å². The lowest BCUT2D eigenvalue weighted by molar-refractivity contribution is -0.122. The van der Waals surface area contributed by atoms with Gasteiger partial charge in [-0.2, -0.15) is 0 Å². The smallest absolute Gasteiger partial charge is 0.147 e. The lowest BCUT2D eigenvalue weighted by atomic mass is 9.82. The average Bonchev–Trinajstić information content (AvgIpc) is 2.38. The van der Waals surface area contributed by atoms with E-state index in [1.807, 2.05) is 31.2 Å². The van der Waals surface area contributed by atoms with Crippen molar-refractivity contribution in [3.05, 3.63) is 35.6 Å². The number of carbonyl (C=O) groups is 1. The number of ketones is 1. The first-order valence-corrected chi connectivity index (χ1v) is 5.27. The number of hydrogen-bond donors (Lipinski definition) is 0. The highest BCUT2D eigenvalue weighted by atomic mass is 16.5. The van der Waals surface area contributed by atoms with Crippen molar-refractivity contribution < 1.29 is 9.53 Å². The Hall–Kier alpha value is -1.31. The zero-order chi connectivity index (χ0) is 11.1. The van der Waals surface area contributed by atoms with Gasteiger partial charge < -0.3 is 4.74 Å². The maximum absolute atomic E-state index is 11.9. The highest BCUT2D eigenvalue weighted by Gasteiger charge is 2.43. The normalized spacial score (nSPS) is 34.3. The molecule has 0 aromatic carbocycles. The molecule has 0 aromatic rings. The van der Waals surface area contributed by atoms with E-state index in [1.165, 1.54) is 5.57 Å². The first kappa shape index (κ1) is 10.2. The fourth-order valence-electron chi connectivity index (χ4n) is 2.41. The molecule has 0 aromatic heterocycles. The summed E-state index contributed by atoms with van der Waals surface area (Å²) in [6.45, 7) is 4.10. The van der Waals surface area contributed by atoms with Crippen LogP contribution in [0.5, 0.6) is 0 Å². The van der Waals surface area contributed by atoms with Gasteiger partial charge in [-0.25, -0.2) is 0 Å². The number of rotatable bonds is 1. The molecule has 0 bridgehead atoms. The van der Waals surface area contributed by atoms with Crippen LogP contribution in [-0.4, -0.2) is 12.9 Å². The summed E-state index contributed by atoms with van der Waals surface area (Å²) in [5, 5.41) is 0. The maximum atomic E-state index is 11.9.